The molecule has 6 nitrogen and oxygen atoms in total. The maximum absolute atomic E-state index is 13.2. The van der Waals surface area contributed by atoms with Gasteiger partial charge in [0, 0.05) is 36.1 Å². The zero-order valence-electron chi connectivity index (χ0n) is 18.5. The Bertz CT molecular complexity index is 1410. The van der Waals surface area contributed by atoms with Crippen molar-refractivity contribution in [1.82, 2.24) is 14.5 Å². The number of nitrogens with one attached hydrogen (secondary N) is 1. The first-order valence-electron chi connectivity index (χ1n) is 10.8. The zero-order valence-corrected chi connectivity index (χ0v) is 19.3. The molecule has 2 heterocycles. The second-order valence-corrected chi connectivity index (χ2v) is 8.64. The molecule has 0 spiro atoms. The summed E-state index contributed by atoms with van der Waals surface area (Å²) in [5, 5.41) is 3.50. The van der Waals surface area contributed by atoms with Crippen LogP contribution in [0.3, 0.4) is 0 Å². The van der Waals surface area contributed by atoms with Crippen LogP contribution in [0.25, 0.3) is 22.0 Å². The number of ether oxygens (including phenoxy) is 1. The lowest BCUT2D eigenvalue weighted by atomic mass is 10.1. The third-order valence-corrected chi connectivity index (χ3v) is 6.29. The van der Waals surface area contributed by atoms with E-state index >= 15 is 0 Å². The van der Waals surface area contributed by atoms with Crippen LogP contribution < -0.4 is 10.1 Å². The van der Waals surface area contributed by atoms with Crippen LogP contribution in [0, 0.1) is 0 Å². The van der Waals surface area contributed by atoms with E-state index in [9.17, 15) is 4.79 Å². The first-order chi connectivity index (χ1) is 16.7. The molecule has 7 heteroatoms. The summed E-state index contributed by atoms with van der Waals surface area (Å²) in [5.74, 6) is 1.32. The van der Waals surface area contributed by atoms with E-state index < -0.39 is 0 Å². The summed E-state index contributed by atoms with van der Waals surface area (Å²) in [6.07, 6.45) is 3.65. The van der Waals surface area contributed by atoms with Gasteiger partial charge in [-0.25, -0.2) is 9.97 Å². The monoisotopic (exact) mass is 466 g/mol. The number of carbonyl (C=O) groups is 1. The number of rotatable bonds is 7. The number of imidazole rings is 1. The lowest BCUT2D eigenvalue weighted by molar-refractivity contribution is 0.102. The molecule has 0 aliphatic carbocycles. The average molecular weight is 467 g/mol. The zero-order chi connectivity index (χ0) is 23.3. The fourth-order valence-electron chi connectivity index (χ4n) is 3.61. The van der Waals surface area contributed by atoms with Crippen LogP contribution in [0.4, 0.5) is 5.13 Å². The highest BCUT2D eigenvalue weighted by atomic mass is 32.1. The Morgan fingerprint density at radius 1 is 0.971 bits per heavy atom. The third-order valence-electron chi connectivity index (χ3n) is 5.32. The Morgan fingerprint density at radius 2 is 1.68 bits per heavy atom. The summed E-state index contributed by atoms with van der Waals surface area (Å²) in [6, 6.07) is 26.9. The molecular weight excluding hydrogens is 444 g/mol. The van der Waals surface area contributed by atoms with E-state index in [2.05, 4.69) is 10.3 Å². The van der Waals surface area contributed by atoms with Crippen LogP contribution in [0.15, 0.2) is 97.3 Å². The summed E-state index contributed by atoms with van der Waals surface area (Å²) >= 11 is 1.41. The fraction of sp³-hybridized carbons (Fsp3) is 0.0741. The Kier molecular flexibility index (Phi) is 6.18. The van der Waals surface area contributed by atoms with Gasteiger partial charge in [0.1, 0.15) is 12.4 Å². The van der Waals surface area contributed by atoms with Gasteiger partial charge in [0.15, 0.2) is 11.0 Å². The van der Waals surface area contributed by atoms with Gasteiger partial charge >= 0.3 is 0 Å². The van der Waals surface area contributed by atoms with Crippen LogP contribution in [-0.2, 0) is 13.7 Å². The van der Waals surface area contributed by atoms with Crippen LogP contribution >= 0.6 is 11.3 Å². The van der Waals surface area contributed by atoms with E-state index in [-0.39, 0.29) is 5.91 Å². The number of aromatic nitrogens is 3. The number of carbonyl (C=O) groups excluding carboxylic acids is 1. The van der Waals surface area contributed by atoms with Gasteiger partial charge in [-0.05, 0) is 18.2 Å². The van der Waals surface area contributed by atoms with Gasteiger partial charge in [0.05, 0.1) is 10.6 Å². The van der Waals surface area contributed by atoms with E-state index in [1.165, 1.54) is 11.3 Å². The topological polar surface area (TPSA) is 69.0 Å². The molecule has 34 heavy (non-hydrogen) atoms. The highest BCUT2D eigenvalue weighted by Gasteiger charge is 2.20. The number of hydrogen-bond donors (Lipinski definition) is 1. The van der Waals surface area contributed by atoms with Crippen LogP contribution in [-0.4, -0.2) is 20.4 Å². The molecular formula is C27H22N4O2S. The van der Waals surface area contributed by atoms with Gasteiger partial charge in [-0.1, -0.05) is 78.1 Å². The maximum atomic E-state index is 13.2. The highest BCUT2D eigenvalue weighted by Crippen LogP contribution is 2.38. The molecule has 0 aliphatic rings. The van der Waals surface area contributed by atoms with Crippen molar-refractivity contribution in [2.75, 3.05) is 5.32 Å². The molecule has 0 aliphatic heterocycles. The number of thiazole rings is 1. The molecule has 0 radical (unpaired) electrons. The van der Waals surface area contributed by atoms with Crippen molar-refractivity contribution >= 4 is 22.4 Å². The minimum absolute atomic E-state index is 0.230. The lowest BCUT2D eigenvalue weighted by Crippen LogP contribution is -2.15. The van der Waals surface area contributed by atoms with Crippen molar-refractivity contribution in [2.45, 2.75) is 6.61 Å². The Morgan fingerprint density at radius 3 is 2.41 bits per heavy atom. The predicted molar refractivity (Wildman–Crippen MR) is 135 cm³/mol. The summed E-state index contributed by atoms with van der Waals surface area (Å²) in [4.78, 5) is 23.4. The van der Waals surface area contributed by atoms with Gasteiger partial charge in [-0.2, -0.15) is 0 Å². The highest BCUT2D eigenvalue weighted by molar-refractivity contribution is 7.19. The summed E-state index contributed by atoms with van der Waals surface area (Å²) in [5.41, 5.74) is 3.10. The average Bonchev–Trinajstić information content (AvgIpc) is 3.49. The second kappa shape index (κ2) is 9.72. The predicted octanol–water partition coefficient (Wildman–Crippen LogP) is 6.04. The molecule has 0 saturated carbocycles. The molecule has 168 valence electrons. The molecule has 0 bridgehead atoms. The smallest absolute Gasteiger partial charge is 0.257 e. The molecule has 1 amide bonds. The third kappa shape index (κ3) is 4.60. The number of para-hydroxylation sites is 1. The van der Waals surface area contributed by atoms with Crippen molar-refractivity contribution in [2.24, 2.45) is 7.05 Å². The largest absolute Gasteiger partial charge is 0.489 e. The number of hydrogen-bond acceptors (Lipinski definition) is 5. The molecule has 3 aromatic carbocycles. The maximum Gasteiger partial charge on any atom is 0.257 e. The first-order valence-corrected chi connectivity index (χ1v) is 11.6. The Labute approximate surface area is 201 Å². The van der Waals surface area contributed by atoms with E-state index in [1.807, 2.05) is 96.7 Å². The SMILES string of the molecule is Cn1ccnc1-c1sc(NC(=O)c2ccccc2COc2ccccc2)nc1-c1ccccc1. The van der Waals surface area contributed by atoms with Crippen molar-refractivity contribution in [1.29, 1.82) is 0 Å². The molecule has 0 saturated heterocycles. The van der Waals surface area contributed by atoms with Gasteiger partial charge in [-0.15, -0.1) is 0 Å². The van der Waals surface area contributed by atoms with Crippen LogP contribution in [0.1, 0.15) is 15.9 Å². The molecule has 2 aromatic heterocycles. The Balaban J connectivity index is 1.42. The molecule has 5 aromatic rings. The number of aryl methyl sites for hydroxylation is 1. The van der Waals surface area contributed by atoms with Gasteiger partial charge in [0.25, 0.3) is 5.91 Å². The summed E-state index contributed by atoms with van der Waals surface area (Å²) < 4.78 is 7.82. The van der Waals surface area contributed by atoms with E-state index in [0.717, 1.165) is 33.3 Å². The normalized spacial score (nSPS) is 10.7. The van der Waals surface area contributed by atoms with Gasteiger partial charge < -0.3 is 9.30 Å². The summed E-state index contributed by atoms with van der Waals surface area (Å²) in [7, 11) is 1.94. The standard InChI is InChI=1S/C27H22N4O2S/c1-31-17-16-28-25(31)24-23(19-10-4-2-5-11-19)29-27(34-24)30-26(32)22-15-9-8-12-20(22)18-33-21-13-6-3-7-14-21/h2-17H,18H2,1H3,(H,29,30,32). The molecule has 0 fully saturated rings. The molecule has 0 atom stereocenters. The first kappa shape index (κ1) is 21.6. The van der Waals surface area contributed by atoms with Gasteiger partial charge in [-0.3, -0.25) is 10.1 Å². The fourth-order valence-corrected chi connectivity index (χ4v) is 4.63. The summed E-state index contributed by atoms with van der Waals surface area (Å²) in [6.45, 7) is 0.291. The number of amides is 1. The molecule has 5 rings (SSSR count). The van der Waals surface area contributed by atoms with Crippen molar-refractivity contribution in [3.8, 4) is 27.7 Å². The minimum Gasteiger partial charge on any atom is -0.489 e. The van der Waals surface area contributed by atoms with E-state index in [4.69, 9.17) is 9.72 Å². The van der Waals surface area contributed by atoms with Crippen LogP contribution in [0.5, 0.6) is 5.75 Å². The second-order valence-electron chi connectivity index (χ2n) is 7.64. The van der Waals surface area contributed by atoms with E-state index in [1.54, 1.807) is 12.3 Å². The van der Waals surface area contributed by atoms with Crippen molar-refractivity contribution in [3.63, 3.8) is 0 Å². The number of benzene rings is 3. The lowest BCUT2D eigenvalue weighted by Gasteiger charge is -2.10. The van der Waals surface area contributed by atoms with Crippen molar-refractivity contribution < 1.29 is 9.53 Å². The minimum atomic E-state index is -0.230. The van der Waals surface area contributed by atoms with Crippen molar-refractivity contribution in [3.05, 3.63) is 108 Å². The van der Waals surface area contributed by atoms with Crippen LogP contribution in [0.2, 0.25) is 0 Å². The van der Waals surface area contributed by atoms with E-state index in [0.29, 0.717) is 17.3 Å². The quantitative estimate of drug-likeness (QED) is 0.317. The Hall–Kier alpha value is -4.23. The number of anilines is 1. The molecule has 1 N–H and O–H groups in total. The van der Waals surface area contributed by atoms with Gasteiger partial charge in [0.2, 0.25) is 0 Å². The number of nitrogens with zero attached hydrogens (tertiary/aromatic N) is 3. The molecule has 0 unspecified atom stereocenters.